The Morgan fingerprint density at radius 1 is 1.29 bits per heavy atom. The highest BCUT2D eigenvalue weighted by Crippen LogP contribution is 2.17. The molecule has 1 saturated heterocycles. The molecule has 28 heavy (non-hydrogen) atoms. The van der Waals surface area contributed by atoms with E-state index in [-0.39, 0.29) is 0 Å². The van der Waals surface area contributed by atoms with E-state index < -0.39 is 0 Å². The molecular weight excluding hydrogens is 348 g/mol. The number of nitrogens with two attached hydrogens (primary N) is 1. The molecular formula is C22H30N6. The van der Waals surface area contributed by atoms with Gasteiger partial charge in [0.25, 0.3) is 0 Å². The average Bonchev–Trinajstić information content (AvgIpc) is 2.73. The summed E-state index contributed by atoms with van der Waals surface area (Å²) in [5.41, 5.74) is 8.99. The van der Waals surface area contributed by atoms with Crippen LogP contribution in [0.2, 0.25) is 0 Å². The van der Waals surface area contributed by atoms with Gasteiger partial charge in [-0.3, -0.25) is 9.97 Å². The molecule has 0 spiro atoms. The number of hydrogen-bond acceptors (Lipinski definition) is 6. The van der Waals surface area contributed by atoms with Gasteiger partial charge >= 0.3 is 0 Å². The normalized spacial score (nSPS) is 18.6. The quantitative estimate of drug-likeness (QED) is 0.788. The van der Waals surface area contributed by atoms with Gasteiger partial charge in [0.05, 0.1) is 5.35 Å². The molecule has 1 fully saturated rings. The minimum Gasteiger partial charge on any atom is -0.400 e. The van der Waals surface area contributed by atoms with Crippen molar-refractivity contribution in [2.45, 2.75) is 25.7 Å². The third-order valence-electron chi connectivity index (χ3n) is 5.14. The molecule has 3 N–H and O–H groups in total. The Kier molecular flexibility index (Phi) is 6.76. The summed E-state index contributed by atoms with van der Waals surface area (Å²) in [5, 5.41) is 4.97. The predicted molar refractivity (Wildman–Crippen MR) is 116 cm³/mol. The molecule has 6 nitrogen and oxygen atoms in total. The summed E-state index contributed by atoms with van der Waals surface area (Å²) >= 11 is 0. The molecule has 2 aromatic heterocycles. The van der Waals surface area contributed by atoms with Crippen molar-refractivity contribution in [3.63, 3.8) is 0 Å². The molecule has 2 aromatic rings. The smallest absolute Gasteiger partial charge is 0.127 e. The molecule has 3 rings (SSSR count). The van der Waals surface area contributed by atoms with Crippen LogP contribution >= 0.6 is 0 Å². The van der Waals surface area contributed by atoms with Gasteiger partial charge in [0.2, 0.25) is 0 Å². The van der Waals surface area contributed by atoms with Gasteiger partial charge in [0.1, 0.15) is 11.2 Å². The Balaban J connectivity index is 1.82. The molecule has 0 saturated carbocycles. The Morgan fingerprint density at radius 2 is 2.11 bits per heavy atom. The van der Waals surface area contributed by atoms with E-state index in [0.29, 0.717) is 5.92 Å². The van der Waals surface area contributed by atoms with Crippen molar-refractivity contribution in [2.24, 2.45) is 11.7 Å². The van der Waals surface area contributed by atoms with Gasteiger partial charge in [-0.15, -0.1) is 0 Å². The first-order valence-corrected chi connectivity index (χ1v) is 9.85. The number of anilines is 1. The standard InChI is InChI=1S/C22H30N6/c1-16(18-7-9-21(27-15-18)28(2)3)13-20-22(26-12-11-25-20)19(23)8-6-17-5-4-10-24-14-17/h7,9,11-13,15,17,24H,1,4-6,8,10,14,23H2,2-3H3/b20-13+,22-19+. The van der Waals surface area contributed by atoms with Crippen LogP contribution < -0.4 is 26.6 Å². The Bertz CT molecular complexity index is 911. The molecule has 1 unspecified atom stereocenters. The average molecular weight is 379 g/mol. The van der Waals surface area contributed by atoms with Gasteiger partial charge in [-0.1, -0.05) is 6.58 Å². The fourth-order valence-electron chi connectivity index (χ4n) is 3.44. The van der Waals surface area contributed by atoms with Crippen molar-refractivity contribution in [3.8, 4) is 0 Å². The monoisotopic (exact) mass is 378 g/mol. The molecule has 1 atom stereocenters. The van der Waals surface area contributed by atoms with Gasteiger partial charge in [-0.2, -0.15) is 0 Å². The van der Waals surface area contributed by atoms with Crippen LogP contribution in [0.5, 0.6) is 0 Å². The maximum atomic E-state index is 6.41. The number of nitrogens with zero attached hydrogens (tertiary/aromatic N) is 4. The highest BCUT2D eigenvalue weighted by Gasteiger charge is 2.13. The van der Waals surface area contributed by atoms with Crippen LogP contribution in [0.1, 0.15) is 31.2 Å². The Hall–Kier alpha value is -2.73. The van der Waals surface area contributed by atoms with Crippen molar-refractivity contribution >= 4 is 23.2 Å². The molecule has 0 radical (unpaired) electrons. The topological polar surface area (TPSA) is 80.0 Å². The SMILES string of the molecule is C=C(/C=c1/nccn/c1=C(/N)CCC1CCCNC1)c1ccc(N(C)C)nc1. The Morgan fingerprint density at radius 3 is 2.79 bits per heavy atom. The summed E-state index contributed by atoms with van der Waals surface area (Å²) in [6.07, 6.45) is 11.6. The highest BCUT2D eigenvalue weighted by atomic mass is 15.1. The second-order valence-electron chi connectivity index (χ2n) is 7.54. The van der Waals surface area contributed by atoms with Crippen LogP contribution in [0.3, 0.4) is 0 Å². The molecule has 3 heterocycles. The van der Waals surface area contributed by atoms with E-state index in [1.54, 1.807) is 12.4 Å². The number of aromatic nitrogens is 3. The number of piperidine rings is 1. The van der Waals surface area contributed by atoms with E-state index in [4.69, 9.17) is 5.73 Å². The van der Waals surface area contributed by atoms with E-state index in [2.05, 4.69) is 26.8 Å². The lowest BCUT2D eigenvalue weighted by atomic mass is 9.94. The van der Waals surface area contributed by atoms with Crippen molar-refractivity contribution in [1.82, 2.24) is 20.3 Å². The third kappa shape index (κ3) is 5.16. The second kappa shape index (κ2) is 9.46. The van der Waals surface area contributed by atoms with E-state index in [9.17, 15) is 0 Å². The zero-order valence-electron chi connectivity index (χ0n) is 16.9. The van der Waals surface area contributed by atoms with Crippen LogP contribution in [-0.4, -0.2) is 42.1 Å². The molecule has 0 bridgehead atoms. The molecule has 1 aliphatic heterocycles. The lowest BCUT2D eigenvalue weighted by Gasteiger charge is -2.22. The van der Waals surface area contributed by atoms with Gasteiger partial charge in [0, 0.05) is 38.4 Å². The summed E-state index contributed by atoms with van der Waals surface area (Å²) in [6.45, 7) is 6.39. The van der Waals surface area contributed by atoms with Gasteiger partial charge in [0.15, 0.2) is 0 Å². The lowest BCUT2D eigenvalue weighted by molar-refractivity contribution is 0.360. The maximum absolute atomic E-state index is 6.41. The minimum absolute atomic E-state index is 0.688. The molecule has 6 heteroatoms. The number of rotatable bonds is 6. The summed E-state index contributed by atoms with van der Waals surface area (Å²) in [5.74, 6) is 1.60. The van der Waals surface area contributed by atoms with Crippen LogP contribution in [0.15, 0.2) is 37.3 Å². The number of hydrogen-bond donors (Lipinski definition) is 2. The minimum atomic E-state index is 0.688. The van der Waals surface area contributed by atoms with E-state index >= 15 is 0 Å². The van der Waals surface area contributed by atoms with Crippen molar-refractivity contribution in [2.75, 3.05) is 32.1 Å². The highest BCUT2D eigenvalue weighted by molar-refractivity contribution is 5.86. The van der Waals surface area contributed by atoms with Gasteiger partial charge in [-0.25, -0.2) is 4.98 Å². The number of pyridine rings is 1. The van der Waals surface area contributed by atoms with E-state index in [0.717, 1.165) is 59.3 Å². The Labute approximate surface area is 166 Å². The largest absolute Gasteiger partial charge is 0.400 e. The van der Waals surface area contributed by atoms with E-state index in [1.807, 2.05) is 43.4 Å². The molecule has 148 valence electrons. The zero-order chi connectivity index (χ0) is 19.9. The first kappa shape index (κ1) is 20.0. The molecule has 0 aliphatic carbocycles. The van der Waals surface area contributed by atoms with Crippen LogP contribution in [0, 0.1) is 5.92 Å². The van der Waals surface area contributed by atoms with Crippen LogP contribution in [0.4, 0.5) is 5.82 Å². The van der Waals surface area contributed by atoms with Crippen molar-refractivity contribution in [3.05, 3.63) is 53.6 Å². The predicted octanol–water partition coefficient (Wildman–Crippen LogP) is 1.28. The second-order valence-corrected chi connectivity index (χ2v) is 7.54. The molecule has 1 aliphatic rings. The zero-order valence-corrected chi connectivity index (χ0v) is 16.9. The lowest BCUT2D eigenvalue weighted by Crippen LogP contribution is -2.36. The maximum Gasteiger partial charge on any atom is 0.127 e. The number of nitrogens with one attached hydrogen (secondary N) is 1. The van der Waals surface area contributed by atoms with Crippen LogP contribution in [0.25, 0.3) is 17.3 Å². The summed E-state index contributed by atoms with van der Waals surface area (Å²) < 4.78 is 0. The van der Waals surface area contributed by atoms with Crippen molar-refractivity contribution in [1.29, 1.82) is 0 Å². The van der Waals surface area contributed by atoms with Gasteiger partial charge in [-0.05, 0) is 74.0 Å². The summed E-state index contributed by atoms with van der Waals surface area (Å²) in [4.78, 5) is 15.4. The summed E-state index contributed by atoms with van der Waals surface area (Å²) in [7, 11) is 3.94. The molecule has 0 amide bonds. The van der Waals surface area contributed by atoms with Crippen LogP contribution in [-0.2, 0) is 0 Å². The first-order valence-electron chi connectivity index (χ1n) is 9.85. The fraction of sp³-hybridized carbons (Fsp3) is 0.409. The van der Waals surface area contributed by atoms with E-state index in [1.165, 1.54) is 12.8 Å². The number of allylic oxidation sites excluding steroid dienone is 1. The van der Waals surface area contributed by atoms with Gasteiger partial charge < -0.3 is 16.0 Å². The molecule has 0 aromatic carbocycles. The third-order valence-corrected chi connectivity index (χ3v) is 5.14. The fourth-order valence-corrected chi connectivity index (χ4v) is 3.44. The summed E-state index contributed by atoms with van der Waals surface area (Å²) in [6, 6.07) is 3.99. The van der Waals surface area contributed by atoms with Crippen molar-refractivity contribution < 1.29 is 0 Å². The first-order chi connectivity index (χ1) is 13.5.